The molecular weight excluding hydrogens is 504 g/mol. The normalized spacial score (nSPS) is 16.1. The highest BCUT2D eigenvalue weighted by Crippen LogP contribution is 2.26. The smallest absolute Gasteiger partial charge is 0.341 e. The molecule has 0 saturated carbocycles. The predicted molar refractivity (Wildman–Crippen MR) is 135 cm³/mol. The second kappa shape index (κ2) is 10.9. The number of piperidine rings is 1. The number of hydrogen-bond donors (Lipinski definition) is 5. The Labute approximate surface area is 217 Å². The number of nitrogens with one attached hydrogen (secondary N) is 2. The number of carbonyl (C=O) groups is 3. The highest BCUT2D eigenvalue weighted by molar-refractivity contribution is 6.31. The van der Waals surface area contributed by atoms with Crippen molar-refractivity contribution in [3.05, 3.63) is 40.7 Å². The summed E-state index contributed by atoms with van der Waals surface area (Å²) in [4.78, 5) is 49.8. The van der Waals surface area contributed by atoms with Crippen LogP contribution in [-0.2, 0) is 16.0 Å². The van der Waals surface area contributed by atoms with Crippen molar-refractivity contribution in [1.82, 2.24) is 25.5 Å². The maximum Gasteiger partial charge on any atom is 0.341 e. The van der Waals surface area contributed by atoms with Crippen molar-refractivity contribution < 1.29 is 24.2 Å². The summed E-state index contributed by atoms with van der Waals surface area (Å²) in [7, 11) is 0. The summed E-state index contributed by atoms with van der Waals surface area (Å²) in [6.45, 7) is 1.19. The molecule has 3 heterocycles. The summed E-state index contributed by atoms with van der Waals surface area (Å²) in [5.74, 6) is -1.02. The molecule has 0 unspecified atom stereocenters. The Bertz CT molecular complexity index is 1230. The number of nitrogens with zero attached hydrogens (tertiary/aromatic N) is 4. The van der Waals surface area contributed by atoms with Crippen LogP contribution in [0.2, 0.25) is 5.15 Å². The summed E-state index contributed by atoms with van der Waals surface area (Å²) in [6.07, 6.45) is 2.28. The quantitative estimate of drug-likeness (QED) is 0.334. The second-order valence-corrected chi connectivity index (χ2v) is 9.22. The zero-order chi connectivity index (χ0) is 26.6. The first-order valence-corrected chi connectivity index (χ1v) is 12.0. The molecule has 1 spiro atoms. The number of aliphatic carboxylic acids is 1. The van der Waals surface area contributed by atoms with Crippen molar-refractivity contribution in [2.24, 2.45) is 4.99 Å². The van der Waals surface area contributed by atoms with Gasteiger partial charge in [-0.25, -0.2) is 14.8 Å². The molecule has 2 aromatic rings. The molecule has 1 aromatic heterocycles. The molecule has 37 heavy (non-hydrogen) atoms. The van der Waals surface area contributed by atoms with Crippen LogP contribution in [0.3, 0.4) is 0 Å². The molecule has 1 saturated heterocycles. The lowest BCUT2D eigenvalue weighted by Crippen LogP contribution is -2.57. The fourth-order valence-corrected chi connectivity index (χ4v) is 4.31. The number of likely N-dealkylation sites (tertiary alicyclic amines) is 1. The van der Waals surface area contributed by atoms with Crippen molar-refractivity contribution in [3.8, 4) is 5.75 Å². The van der Waals surface area contributed by atoms with Crippen molar-refractivity contribution in [3.63, 3.8) is 0 Å². The molecule has 2 aliphatic rings. The molecule has 1 fully saturated rings. The number of ether oxygens (including phenoxy) is 1. The first kappa shape index (κ1) is 25.9. The third-order valence-electron chi connectivity index (χ3n) is 6.26. The van der Waals surface area contributed by atoms with Crippen LogP contribution < -0.4 is 26.8 Å². The van der Waals surface area contributed by atoms with Crippen LogP contribution in [0.25, 0.3) is 0 Å². The number of carboxylic acid groups (broad SMARTS) is 1. The molecule has 0 bridgehead atoms. The number of rotatable bonds is 7. The number of benzene rings is 1. The van der Waals surface area contributed by atoms with Crippen LogP contribution in [0.1, 0.15) is 35.3 Å². The van der Waals surface area contributed by atoms with Crippen LogP contribution in [-0.4, -0.2) is 75.5 Å². The van der Waals surface area contributed by atoms with Crippen molar-refractivity contribution in [1.29, 1.82) is 0 Å². The fourth-order valence-electron chi connectivity index (χ4n) is 4.18. The van der Waals surface area contributed by atoms with Crippen LogP contribution in [0.15, 0.2) is 29.3 Å². The van der Waals surface area contributed by atoms with Crippen LogP contribution in [0.5, 0.6) is 5.75 Å². The first-order valence-electron chi connectivity index (χ1n) is 11.6. The maximum atomic E-state index is 12.8. The van der Waals surface area contributed by atoms with Gasteiger partial charge in [-0.05, 0) is 37.0 Å². The van der Waals surface area contributed by atoms with E-state index in [1.165, 1.54) is 0 Å². The molecule has 4 rings (SSSR count). The molecule has 1 aromatic carbocycles. The molecule has 14 heteroatoms. The van der Waals surface area contributed by atoms with Gasteiger partial charge in [-0.15, -0.1) is 0 Å². The second-order valence-electron chi connectivity index (χ2n) is 8.86. The number of carboxylic acids is 1. The SMILES string of the molecule is Nc1nc(N)c(C(=O)NC2=NCC3(CCN(C(=O)CCc4ccc(OCC(=O)O)cc4)CC3)N2)nc1Cl. The number of aryl methyl sites for hydroxylation is 1. The number of amides is 2. The van der Waals surface area contributed by atoms with Crippen LogP contribution >= 0.6 is 11.6 Å². The Hall–Kier alpha value is -4.13. The number of aliphatic imine (C=N–C) groups is 1. The number of nitrogen functional groups attached to an aromatic ring is 2. The molecule has 2 amide bonds. The minimum atomic E-state index is -1.04. The number of guanidine groups is 1. The number of halogens is 1. The van der Waals surface area contributed by atoms with Crippen molar-refractivity contribution >= 4 is 47.0 Å². The summed E-state index contributed by atoms with van der Waals surface area (Å²) in [5.41, 5.74) is 11.8. The number of nitrogens with two attached hydrogens (primary N) is 2. The molecule has 0 aliphatic carbocycles. The van der Waals surface area contributed by atoms with Gasteiger partial charge in [0.15, 0.2) is 35.0 Å². The van der Waals surface area contributed by atoms with E-state index in [0.29, 0.717) is 57.0 Å². The third kappa shape index (κ3) is 6.36. The van der Waals surface area contributed by atoms with Crippen molar-refractivity contribution in [2.75, 3.05) is 37.7 Å². The van der Waals surface area contributed by atoms with E-state index < -0.39 is 18.5 Å². The van der Waals surface area contributed by atoms with Gasteiger partial charge in [0.05, 0.1) is 12.1 Å². The van der Waals surface area contributed by atoms with Crippen molar-refractivity contribution in [2.45, 2.75) is 31.2 Å². The third-order valence-corrected chi connectivity index (χ3v) is 6.54. The highest BCUT2D eigenvalue weighted by Gasteiger charge is 2.40. The van der Waals surface area contributed by atoms with E-state index in [1.807, 2.05) is 17.0 Å². The lowest BCUT2D eigenvalue weighted by atomic mass is 9.88. The fraction of sp³-hybridized carbons (Fsp3) is 0.391. The Morgan fingerprint density at radius 2 is 1.84 bits per heavy atom. The topological polar surface area (TPSA) is 198 Å². The lowest BCUT2D eigenvalue weighted by Gasteiger charge is -2.39. The van der Waals surface area contributed by atoms with E-state index in [1.54, 1.807) is 12.1 Å². The van der Waals surface area contributed by atoms with Gasteiger partial charge in [0, 0.05) is 19.5 Å². The first-order chi connectivity index (χ1) is 17.6. The molecule has 7 N–H and O–H groups in total. The molecule has 196 valence electrons. The van der Waals surface area contributed by atoms with Gasteiger partial charge in [0.1, 0.15) is 5.75 Å². The van der Waals surface area contributed by atoms with E-state index in [-0.39, 0.29) is 33.9 Å². The molecule has 2 aliphatic heterocycles. The van der Waals surface area contributed by atoms with Gasteiger partial charge < -0.3 is 31.5 Å². The standard InChI is InChI=1S/C23H27ClN8O5/c24-18-20(26)29-19(25)17(28-18)21(36)30-22-27-12-23(31-22)7-9-32(10-8-23)15(33)6-3-13-1-4-14(5-2-13)37-11-16(34)35/h1-2,4-5H,3,6-12H2,(H,34,35)(H4,25,26,29)(H2,27,30,31,36). The number of carbonyl (C=O) groups excluding carboxylic acids is 2. The Morgan fingerprint density at radius 1 is 1.14 bits per heavy atom. The van der Waals surface area contributed by atoms with Gasteiger partial charge in [0.2, 0.25) is 5.91 Å². The molecular formula is C23H27ClN8O5. The number of anilines is 2. The van der Waals surface area contributed by atoms with Gasteiger partial charge in [0.25, 0.3) is 5.91 Å². The minimum Gasteiger partial charge on any atom is -0.482 e. The van der Waals surface area contributed by atoms with Gasteiger partial charge in [-0.1, -0.05) is 23.7 Å². The van der Waals surface area contributed by atoms with Gasteiger partial charge >= 0.3 is 5.97 Å². The largest absolute Gasteiger partial charge is 0.482 e. The number of aromatic nitrogens is 2. The zero-order valence-electron chi connectivity index (χ0n) is 19.9. The van der Waals surface area contributed by atoms with E-state index >= 15 is 0 Å². The summed E-state index contributed by atoms with van der Waals surface area (Å²) in [5, 5.41) is 14.5. The van der Waals surface area contributed by atoms with E-state index in [9.17, 15) is 14.4 Å². The monoisotopic (exact) mass is 530 g/mol. The Kier molecular flexibility index (Phi) is 7.62. The highest BCUT2D eigenvalue weighted by atomic mass is 35.5. The molecule has 13 nitrogen and oxygen atoms in total. The minimum absolute atomic E-state index is 0.0581. The maximum absolute atomic E-state index is 12.8. The zero-order valence-corrected chi connectivity index (χ0v) is 20.6. The van der Waals surface area contributed by atoms with Gasteiger partial charge in [-0.2, -0.15) is 0 Å². The van der Waals surface area contributed by atoms with Crippen LogP contribution in [0, 0.1) is 0 Å². The molecule has 0 radical (unpaired) electrons. The Morgan fingerprint density at radius 3 is 2.51 bits per heavy atom. The average molecular weight is 531 g/mol. The van der Waals surface area contributed by atoms with E-state index in [4.69, 9.17) is 32.9 Å². The summed E-state index contributed by atoms with van der Waals surface area (Å²) in [6, 6.07) is 7.03. The van der Waals surface area contributed by atoms with Gasteiger partial charge in [-0.3, -0.25) is 19.9 Å². The lowest BCUT2D eigenvalue weighted by molar-refractivity contribution is -0.139. The van der Waals surface area contributed by atoms with Crippen LogP contribution in [0.4, 0.5) is 11.6 Å². The Balaban J connectivity index is 1.22. The summed E-state index contributed by atoms with van der Waals surface area (Å²) < 4.78 is 5.12. The predicted octanol–water partition coefficient (Wildman–Crippen LogP) is 0.441. The molecule has 0 atom stereocenters. The van der Waals surface area contributed by atoms with E-state index in [0.717, 1.165) is 5.56 Å². The van der Waals surface area contributed by atoms with E-state index in [2.05, 4.69) is 25.6 Å². The average Bonchev–Trinajstić information content (AvgIpc) is 3.25. The number of hydrogen-bond acceptors (Lipinski definition) is 10. The summed E-state index contributed by atoms with van der Waals surface area (Å²) >= 11 is 5.85.